The molecule has 0 aromatic heterocycles. The highest BCUT2D eigenvalue weighted by Crippen LogP contribution is 2.29. The average molecular weight is 349 g/mol. The van der Waals surface area contributed by atoms with Gasteiger partial charge in [0.25, 0.3) is 0 Å². The van der Waals surface area contributed by atoms with Gasteiger partial charge in [-0.2, -0.15) is 18.3 Å². The van der Waals surface area contributed by atoms with E-state index in [0.29, 0.717) is 5.56 Å². The van der Waals surface area contributed by atoms with Crippen LogP contribution < -0.4 is 10.5 Å². The van der Waals surface area contributed by atoms with Gasteiger partial charge in [-0.05, 0) is 22.8 Å². The molecule has 0 spiro atoms. The van der Waals surface area contributed by atoms with E-state index in [9.17, 15) is 27.9 Å². The lowest BCUT2D eigenvalue weighted by atomic mass is 10.1. The molecule has 0 unspecified atom stereocenters. The number of nitrogens with zero attached hydrogens (tertiary/aromatic N) is 1. The molecule has 25 heavy (non-hydrogen) atoms. The van der Waals surface area contributed by atoms with Gasteiger partial charge in [0.1, 0.15) is 0 Å². The van der Waals surface area contributed by atoms with Crippen molar-refractivity contribution in [3.63, 3.8) is 0 Å². The lowest BCUT2D eigenvalue weighted by molar-refractivity contribution is -0.255. The normalized spacial score (nSPS) is 11.5. The van der Waals surface area contributed by atoms with Crippen LogP contribution in [0.5, 0.6) is 0 Å². The van der Waals surface area contributed by atoms with Crippen LogP contribution in [-0.4, -0.2) is 18.1 Å². The summed E-state index contributed by atoms with van der Waals surface area (Å²) in [6.07, 6.45) is -3.45. The molecular weight excluding hydrogens is 337 g/mol. The standard InChI is InChI=1S/C17H13F3N2O3/c18-17(19,20)14-3-1-2-12(8-14)9-15(23)22-21-10-11-4-6-13(7-5-11)16(24)25/h1-8,10H,9H2,(H,22,23)(H,24,25)/p-1/b21-10-. The number of aromatic carboxylic acids is 1. The number of hydrazone groups is 1. The zero-order chi connectivity index (χ0) is 18.4. The summed E-state index contributed by atoms with van der Waals surface area (Å²) in [5.41, 5.74) is 2.12. The van der Waals surface area contributed by atoms with Gasteiger partial charge in [0.05, 0.1) is 24.2 Å². The first-order chi connectivity index (χ1) is 11.8. The third-order valence-corrected chi connectivity index (χ3v) is 3.17. The molecule has 5 nitrogen and oxygen atoms in total. The molecule has 8 heteroatoms. The molecule has 2 aromatic carbocycles. The van der Waals surface area contributed by atoms with Crippen molar-refractivity contribution in [3.8, 4) is 0 Å². The first-order valence-electron chi connectivity index (χ1n) is 7.05. The van der Waals surface area contributed by atoms with Gasteiger partial charge >= 0.3 is 6.18 Å². The third-order valence-electron chi connectivity index (χ3n) is 3.17. The van der Waals surface area contributed by atoms with Gasteiger partial charge in [-0.3, -0.25) is 4.79 Å². The van der Waals surface area contributed by atoms with Crippen molar-refractivity contribution in [1.29, 1.82) is 0 Å². The number of hydrogen-bond acceptors (Lipinski definition) is 4. The van der Waals surface area contributed by atoms with E-state index < -0.39 is 23.6 Å². The monoisotopic (exact) mass is 349 g/mol. The Morgan fingerprint density at radius 1 is 1.12 bits per heavy atom. The molecule has 2 rings (SSSR count). The number of halogens is 3. The highest BCUT2D eigenvalue weighted by Gasteiger charge is 2.30. The minimum Gasteiger partial charge on any atom is -0.545 e. The van der Waals surface area contributed by atoms with Crippen molar-refractivity contribution >= 4 is 18.1 Å². The van der Waals surface area contributed by atoms with E-state index in [0.717, 1.165) is 12.1 Å². The fraction of sp³-hybridized carbons (Fsp3) is 0.118. The number of benzene rings is 2. The summed E-state index contributed by atoms with van der Waals surface area (Å²) < 4.78 is 37.8. The number of carbonyl (C=O) groups is 2. The molecule has 0 saturated carbocycles. The molecule has 0 saturated heterocycles. The SMILES string of the molecule is O=C(Cc1cccc(C(F)(F)F)c1)N/N=C\c1ccc(C(=O)[O-])cc1. The Labute approximate surface area is 140 Å². The Kier molecular flexibility index (Phi) is 5.53. The van der Waals surface area contributed by atoms with Crippen LogP contribution in [0.4, 0.5) is 13.2 Å². The van der Waals surface area contributed by atoms with Gasteiger partial charge in [0.2, 0.25) is 5.91 Å². The van der Waals surface area contributed by atoms with Crippen LogP contribution in [0.15, 0.2) is 53.6 Å². The third kappa shape index (κ3) is 5.45. The summed E-state index contributed by atoms with van der Waals surface area (Å²) in [5.74, 6) is -1.89. The molecule has 2 aromatic rings. The largest absolute Gasteiger partial charge is 0.545 e. The first kappa shape index (κ1) is 18.2. The number of carboxylic acids is 1. The number of carbonyl (C=O) groups excluding carboxylic acids is 2. The summed E-state index contributed by atoms with van der Waals surface area (Å²) in [6.45, 7) is 0. The minimum absolute atomic E-state index is 0.00531. The van der Waals surface area contributed by atoms with Crippen LogP contribution in [0.2, 0.25) is 0 Å². The van der Waals surface area contributed by atoms with E-state index in [1.165, 1.54) is 42.6 Å². The summed E-state index contributed by atoms with van der Waals surface area (Å²) in [6, 6.07) is 10.0. The lowest BCUT2D eigenvalue weighted by Gasteiger charge is -2.08. The highest BCUT2D eigenvalue weighted by molar-refractivity contribution is 5.88. The molecule has 0 aliphatic rings. The molecule has 130 valence electrons. The summed E-state index contributed by atoms with van der Waals surface area (Å²) in [5, 5.41) is 14.3. The number of rotatable bonds is 5. The van der Waals surface area contributed by atoms with Crippen LogP contribution in [0, 0.1) is 0 Å². The van der Waals surface area contributed by atoms with Gasteiger partial charge in [-0.25, -0.2) is 5.43 Å². The predicted molar refractivity (Wildman–Crippen MR) is 81.7 cm³/mol. The molecule has 0 fully saturated rings. The van der Waals surface area contributed by atoms with Gasteiger partial charge in [0, 0.05) is 0 Å². The Balaban J connectivity index is 1.93. The molecule has 1 N–H and O–H groups in total. The molecule has 0 radical (unpaired) electrons. The zero-order valence-corrected chi connectivity index (χ0v) is 12.7. The molecular formula is C17H12F3N2O3-. The Hall–Kier alpha value is -3.16. The van der Waals surface area contributed by atoms with E-state index >= 15 is 0 Å². The van der Waals surface area contributed by atoms with Crippen molar-refractivity contribution in [2.45, 2.75) is 12.6 Å². The van der Waals surface area contributed by atoms with Crippen molar-refractivity contribution < 1.29 is 27.9 Å². The van der Waals surface area contributed by atoms with Crippen LogP contribution in [0.25, 0.3) is 0 Å². The number of hydrogen-bond donors (Lipinski definition) is 1. The molecule has 0 heterocycles. The van der Waals surface area contributed by atoms with Crippen LogP contribution in [0.3, 0.4) is 0 Å². The maximum absolute atomic E-state index is 12.6. The summed E-state index contributed by atoms with van der Waals surface area (Å²) in [7, 11) is 0. The van der Waals surface area contributed by atoms with E-state index in [-0.39, 0.29) is 17.5 Å². The minimum atomic E-state index is -4.47. The van der Waals surface area contributed by atoms with Crippen molar-refractivity contribution in [1.82, 2.24) is 5.43 Å². The van der Waals surface area contributed by atoms with Crippen LogP contribution in [-0.2, 0) is 17.4 Å². The van der Waals surface area contributed by atoms with E-state index in [1.54, 1.807) is 0 Å². The number of nitrogens with one attached hydrogen (secondary N) is 1. The van der Waals surface area contributed by atoms with E-state index in [2.05, 4.69) is 10.5 Å². The smallest absolute Gasteiger partial charge is 0.416 e. The summed E-state index contributed by atoms with van der Waals surface area (Å²) >= 11 is 0. The van der Waals surface area contributed by atoms with Gasteiger partial charge in [-0.1, -0.05) is 42.5 Å². The van der Waals surface area contributed by atoms with Crippen molar-refractivity contribution in [2.75, 3.05) is 0 Å². The Bertz CT molecular complexity index is 800. The number of alkyl halides is 3. The molecule has 0 aliphatic carbocycles. The Morgan fingerprint density at radius 3 is 2.40 bits per heavy atom. The Morgan fingerprint density at radius 2 is 1.80 bits per heavy atom. The average Bonchev–Trinajstić information content (AvgIpc) is 2.55. The van der Waals surface area contributed by atoms with Gasteiger partial charge in [-0.15, -0.1) is 0 Å². The topological polar surface area (TPSA) is 81.6 Å². The molecule has 1 amide bonds. The van der Waals surface area contributed by atoms with Gasteiger partial charge < -0.3 is 9.90 Å². The zero-order valence-electron chi connectivity index (χ0n) is 12.7. The second kappa shape index (κ2) is 7.61. The van der Waals surface area contributed by atoms with E-state index in [1.807, 2.05) is 0 Å². The first-order valence-corrected chi connectivity index (χ1v) is 7.05. The second-order valence-corrected chi connectivity index (χ2v) is 5.08. The van der Waals surface area contributed by atoms with Crippen molar-refractivity contribution in [2.24, 2.45) is 5.10 Å². The number of carboxylic acid groups (broad SMARTS) is 1. The van der Waals surface area contributed by atoms with E-state index in [4.69, 9.17) is 0 Å². The number of amides is 1. The maximum atomic E-state index is 12.6. The van der Waals surface area contributed by atoms with Gasteiger partial charge in [0.15, 0.2) is 0 Å². The second-order valence-electron chi connectivity index (χ2n) is 5.08. The molecule has 0 bridgehead atoms. The highest BCUT2D eigenvalue weighted by atomic mass is 19.4. The predicted octanol–water partition coefficient (Wildman–Crippen LogP) is 1.76. The van der Waals surface area contributed by atoms with Crippen LogP contribution in [0.1, 0.15) is 27.0 Å². The summed E-state index contributed by atoms with van der Waals surface area (Å²) in [4.78, 5) is 22.3. The molecule has 0 atom stereocenters. The maximum Gasteiger partial charge on any atom is 0.416 e. The fourth-order valence-electron chi connectivity index (χ4n) is 1.97. The molecule has 0 aliphatic heterocycles. The quantitative estimate of drug-likeness (QED) is 0.660. The fourth-order valence-corrected chi connectivity index (χ4v) is 1.97. The lowest BCUT2D eigenvalue weighted by Crippen LogP contribution is -2.22. The van der Waals surface area contributed by atoms with Crippen LogP contribution >= 0.6 is 0 Å². The van der Waals surface area contributed by atoms with Crippen molar-refractivity contribution in [3.05, 3.63) is 70.8 Å².